The molecule has 0 aliphatic carbocycles. The molecule has 1 aromatic heterocycles. The molecule has 0 saturated heterocycles. The molecule has 52 valence electrons. The van der Waals surface area contributed by atoms with Crippen molar-refractivity contribution < 1.29 is 10.0 Å². The van der Waals surface area contributed by atoms with Gasteiger partial charge in [0.1, 0.15) is 0 Å². The molecule has 0 spiro atoms. The molecule has 1 heterocycles. The molecule has 1 aromatic rings. The third-order valence-electron chi connectivity index (χ3n) is 1.13. The van der Waals surface area contributed by atoms with Crippen LogP contribution in [0.25, 0.3) is 0 Å². The maximum atomic E-state index is 8.67. The first-order chi connectivity index (χ1) is 4.72. The van der Waals surface area contributed by atoms with Gasteiger partial charge in [-0.05, 0) is 6.07 Å². The number of hydrogen-bond acceptors (Lipinski definition) is 3. The third-order valence-corrected chi connectivity index (χ3v) is 1.50. The second-order valence-electron chi connectivity index (χ2n) is 1.84. The Bertz CT molecular complexity index is 272. The van der Waals surface area contributed by atoms with Gasteiger partial charge in [-0.25, -0.2) is 0 Å². The van der Waals surface area contributed by atoms with Crippen LogP contribution in [0.3, 0.4) is 0 Å². The van der Waals surface area contributed by atoms with Gasteiger partial charge in [0.05, 0.1) is 0 Å². The zero-order valence-electron chi connectivity index (χ0n) is 5.11. The summed E-state index contributed by atoms with van der Waals surface area (Å²) in [4.78, 5) is 2.70. The SMILES string of the molecule is OB(O)c1c[nH]ccc1=S. The fraction of sp³-hybridized carbons (Fsp3) is 0. The van der Waals surface area contributed by atoms with Gasteiger partial charge in [-0.3, -0.25) is 0 Å². The van der Waals surface area contributed by atoms with Gasteiger partial charge in [0.25, 0.3) is 0 Å². The highest BCUT2D eigenvalue weighted by molar-refractivity contribution is 7.71. The Morgan fingerprint density at radius 1 is 1.50 bits per heavy atom. The number of hydrogen-bond donors (Lipinski definition) is 3. The van der Waals surface area contributed by atoms with Crippen LogP contribution in [0.2, 0.25) is 0 Å². The summed E-state index contributed by atoms with van der Waals surface area (Å²) in [5.41, 5.74) is 0.331. The van der Waals surface area contributed by atoms with Crippen LogP contribution >= 0.6 is 12.2 Å². The Labute approximate surface area is 63.5 Å². The van der Waals surface area contributed by atoms with Crippen LogP contribution < -0.4 is 5.46 Å². The van der Waals surface area contributed by atoms with Gasteiger partial charge in [-0.2, -0.15) is 0 Å². The smallest absolute Gasteiger partial charge is 0.423 e. The van der Waals surface area contributed by atoms with Crippen molar-refractivity contribution in [3.8, 4) is 0 Å². The minimum atomic E-state index is -1.48. The summed E-state index contributed by atoms with van der Waals surface area (Å²) in [6, 6.07) is 1.60. The Morgan fingerprint density at radius 3 is 2.60 bits per heavy atom. The topological polar surface area (TPSA) is 56.2 Å². The molecule has 0 aliphatic heterocycles. The van der Waals surface area contributed by atoms with Gasteiger partial charge in [0, 0.05) is 22.4 Å². The minimum absolute atomic E-state index is 0.331. The van der Waals surface area contributed by atoms with E-state index in [4.69, 9.17) is 22.3 Å². The van der Waals surface area contributed by atoms with E-state index in [1.165, 1.54) is 6.20 Å². The van der Waals surface area contributed by atoms with Crippen LogP contribution in [0.1, 0.15) is 0 Å². The molecule has 5 heteroatoms. The average molecular weight is 155 g/mol. The zero-order chi connectivity index (χ0) is 7.56. The Hall–Kier alpha value is -0.645. The second kappa shape index (κ2) is 2.96. The van der Waals surface area contributed by atoms with E-state index in [1.54, 1.807) is 12.3 Å². The van der Waals surface area contributed by atoms with Crippen LogP contribution in [0, 0.1) is 4.51 Å². The molecular formula is C5H6BNO2S. The largest absolute Gasteiger partial charge is 0.491 e. The molecule has 0 aliphatic rings. The lowest BCUT2D eigenvalue weighted by Crippen LogP contribution is -2.30. The van der Waals surface area contributed by atoms with Crippen LogP contribution in [0.4, 0.5) is 0 Å². The van der Waals surface area contributed by atoms with E-state index in [2.05, 4.69) is 4.98 Å². The first-order valence-corrected chi connectivity index (χ1v) is 3.16. The fourth-order valence-corrected chi connectivity index (χ4v) is 0.863. The summed E-state index contributed by atoms with van der Waals surface area (Å²) < 4.78 is 0.453. The summed E-state index contributed by atoms with van der Waals surface area (Å²) >= 11 is 4.79. The summed E-state index contributed by atoms with van der Waals surface area (Å²) in [7, 11) is -1.48. The van der Waals surface area contributed by atoms with Crippen LogP contribution in [-0.4, -0.2) is 22.2 Å². The Morgan fingerprint density at radius 2 is 2.20 bits per heavy atom. The van der Waals surface area contributed by atoms with Crippen molar-refractivity contribution in [2.24, 2.45) is 0 Å². The standard InChI is InChI=1S/C5H6BNO2S/c8-6(9)4-3-7-2-1-5(4)10/h1-3,8-9H,(H,7,10). The molecule has 0 aromatic carbocycles. The monoisotopic (exact) mass is 155 g/mol. The normalized spacial score (nSPS) is 9.40. The van der Waals surface area contributed by atoms with Crippen molar-refractivity contribution in [2.75, 3.05) is 0 Å². The van der Waals surface area contributed by atoms with E-state index in [0.29, 0.717) is 9.97 Å². The molecule has 3 nitrogen and oxygen atoms in total. The van der Waals surface area contributed by atoms with Gasteiger partial charge in [0.15, 0.2) is 0 Å². The van der Waals surface area contributed by atoms with Crippen molar-refractivity contribution in [2.45, 2.75) is 0 Å². The highest BCUT2D eigenvalue weighted by Gasteiger charge is 2.11. The number of aromatic nitrogens is 1. The van der Waals surface area contributed by atoms with E-state index < -0.39 is 7.12 Å². The highest BCUT2D eigenvalue weighted by Crippen LogP contribution is 1.84. The summed E-state index contributed by atoms with van der Waals surface area (Å²) in [6.45, 7) is 0. The third kappa shape index (κ3) is 1.44. The molecule has 0 radical (unpaired) electrons. The molecule has 0 unspecified atom stereocenters. The van der Waals surface area contributed by atoms with Crippen LogP contribution in [0.5, 0.6) is 0 Å². The second-order valence-corrected chi connectivity index (χ2v) is 2.28. The number of pyridine rings is 1. The first kappa shape index (κ1) is 7.46. The van der Waals surface area contributed by atoms with Gasteiger partial charge in [-0.15, -0.1) is 0 Å². The summed E-state index contributed by atoms with van der Waals surface area (Å²) in [5, 5.41) is 17.3. The Kier molecular flexibility index (Phi) is 2.21. The van der Waals surface area contributed by atoms with Crippen molar-refractivity contribution >= 4 is 24.8 Å². The maximum Gasteiger partial charge on any atom is 0.491 e. The fourth-order valence-electron chi connectivity index (χ4n) is 0.631. The highest BCUT2D eigenvalue weighted by atomic mass is 32.1. The molecule has 3 N–H and O–H groups in total. The molecule has 0 amide bonds. The average Bonchev–Trinajstić information content (AvgIpc) is 1.88. The van der Waals surface area contributed by atoms with E-state index in [0.717, 1.165) is 0 Å². The van der Waals surface area contributed by atoms with Crippen LogP contribution in [-0.2, 0) is 0 Å². The number of rotatable bonds is 1. The lowest BCUT2D eigenvalue weighted by molar-refractivity contribution is 0.425. The van der Waals surface area contributed by atoms with Crippen LogP contribution in [0.15, 0.2) is 18.5 Å². The van der Waals surface area contributed by atoms with Crippen molar-refractivity contribution in [3.05, 3.63) is 23.0 Å². The van der Waals surface area contributed by atoms with Gasteiger partial charge < -0.3 is 15.0 Å². The predicted octanol–water partition coefficient (Wildman–Crippen LogP) is -0.576. The summed E-state index contributed by atoms with van der Waals surface area (Å²) in [5.74, 6) is 0. The molecule has 10 heavy (non-hydrogen) atoms. The molecule has 0 saturated carbocycles. The quantitative estimate of drug-likeness (QED) is 0.375. The van der Waals surface area contributed by atoms with Crippen molar-refractivity contribution in [1.82, 2.24) is 4.98 Å². The predicted molar refractivity (Wildman–Crippen MR) is 41.5 cm³/mol. The van der Waals surface area contributed by atoms with Gasteiger partial charge in [-0.1, -0.05) is 12.2 Å². The number of H-pyrrole nitrogens is 1. The molecule has 1 rings (SSSR count). The van der Waals surface area contributed by atoms with Crippen molar-refractivity contribution in [1.29, 1.82) is 0 Å². The lowest BCUT2D eigenvalue weighted by atomic mass is 9.82. The maximum absolute atomic E-state index is 8.67. The zero-order valence-corrected chi connectivity index (χ0v) is 5.93. The lowest BCUT2D eigenvalue weighted by Gasteiger charge is -1.96. The van der Waals surface area contributed by atoms with E-state index in [9.17, 15) is 0 Å². The van der Waals surface area contributed by atoms with Gasteiger partial charge in [0.2, 0.25) is 0 Å². The molecule has 0 bridgehead atoms. The van der Waals surface area contributed by atoms with Gasteiger partial charge >= 0.3 is 7.12 Å². The molecule has 0 atom stereocenters. The number of nitrogens with one attached hydrogen (secondary N) is 1. The van der Waals surface area contributed by atoms with Crippen molar-refractivity contribution in [3.63, 3.8) is 0 Å². The molecule has 0 fully saturated rings. The summed E-state index contributed by atoms with van der Waals surface area (Å²) in [6.07, 6.45) is 3.10. The first-order valence-electron chi connectivity index (χ1n) is 2.75. The Balaban J connectivity index is 3.16. The minimum Gasteiger partial charge on any atom is -0.423 e. The van der Waals surface area contributed by atoms with E-state index >= 15 is 0 Å². The van der Waals surface area contributed by atoms with E-state index in [-0.39, 0.29) is 0 Å². The molecular weight excluding hydrogens is 149 g/mol. The van der Waals surface area contributed by atoms with E-state index in [1.807, 2.05) is 0 Å². The number of aromatic amines is 1.